The summed E-state index contributed by atoms with van der Waals surface area (Å²) in [5.74, 6) is 0. The molecule has 1 aromatic heterocycles. The van der Waals surface area contributed by atoms with Crippen LogP contribution in [0.25, 0.3) is 21.9 Å². The van der Waals surface area contributed by atoms with E-state index in [4.69, 9.17) is 4.42 Å². The van der Waals surface area contributed by atoms with Gasteiger partial charge in [-0.15, -0.1) is 0 Å². The summed E-state index contributed by atoms with van der Waals surface area (Å²) in [6.07, 6.45) is 6.22. The summed E-state index contributed by atoms with van der Waals surface area (Å²) in [7, 11) is 0. The van der Waals surface area contributed by atoms with Gasteiger partial charge in [-0.1, -0.05) is 31.5 Å². The van der Waals surface area contributed by atoms with E-state index >= 15 is 0 Å². The van der Waals surface area contributed by atoms with Crippen molar-refractivity contribution in [2.75, 3.05) is 18.0 Å². The van der Waals surface area contributed by atoms with E-state index in [0.29, 0.717) is 0 Å². The minimum atomic E-state index is 1.01. The number of rotatable bonds is 4. The van der Waals surface area contributed by atoms with E-state index in [1.807, 2.05) is 0 Å². The summed E-state index contributed by atoms with van der Waals surface area (Å²) in [6, 6.07) is 13.1. The van der Waals surface area contributed by atoms with Crippen molar-refractivity contribution in [3.05, 3.63) is 42.0 Å². The van der Waals surface area contributed by atoms with Crippen molar-refractivity contribution < 1.29 is 4.42 Å². The average Bonchev–Trinajstić information content (AvgIpc) is 3.19. The van der Waals surface area contributed by atoms with Crippen LogP contribution in [0.2, 0.25) is 0 Å². The van der Waals surface area contributed by atoms with Crippen molar-refractivity contribution in [2.45, 2.75) is 39.0 Å². The number of benzene rings is 2. The number of furan rings is 1. The number of aryl methyl sites for hydroxylation is 1. The van der Waals surface area contributed by atoms with Crippen molar-refractivity contribution in [3.63, 3.8) is 0 Å². The summed E-state index contributed by atoms with van der Waals surface area (Å²) in [5, 5.41) is 2.55. The highest BCUT2D eigenvalue weighted by atomic mass is 16.3. The van der Waals surface area contributed by atoms with Crippen LogP contribution in [0.5, 0.6) is 0 Å². The van der Waals surface area contributed by atoms with Crippen LogP contribution in [0.1, 0.15) is 38.2 Å². The molecule has 2 heteroatoms. The van der Waals surface area contributed by atoms with Crippen LogP contribution in [0.3, 0.4) is 0 Å². The Balaban J connectivity index is 1.94. The quantitative estimate of drug-likeness (QED) is 0.629. The number of hydrogen-bond acceptors (Lipinski definition) is 2. The number of para-hydroxylation sites is 1. The van der Waals surface area contributed by atoms with E-state index in [2.05, 4.69) is 48.2 Å². The third-order valence-electron chi connectivity index (χ3n) is 4.78. The highest BCUT2D eigenvalue weighted by Gasteiger charge is 2.19. The van der Waals surface area contributed by atoms with E-state index in [1.165, 1.54) is 60.8 Å². The van der Waals surface area contributed by atoms with Gasteiger partial charge in [0.2, 0.25) is 0 Å². The van der Waals surface area contributed by atoms with Gasteiger partial charge in [0.15, 0.2) is 0 Å². The molecule has 0 spiro atoms. The standard InChI is InChI=1S/C20H23NO/c1-2-3-8-15-13-17(21-11-6-7-12-21)20-16-9-4-5-10-18(16)22-19(20)14-15/h4-5,9-10,13-14H,2-3,6-8,11-12H2,1H3. The third kappa shape index (κ3) is 2.27. The molecule has 1 aliphatic rings. The first kappa shape index (κ1) is 13.7. The van der Waals surface area contributed by atoms with E-state index in [9.17, 15) is 0 Å². The largest absolute Gasteiger partial charge is 0.456 e. The summed E-state index contributed by atoms with van der Waals surface area (Å²) in [5.41, 5.74) is 4.85. The molecule has 3 aromatic rings. The van der Waals surface area contributed by atoms with Crippen molar-refractivity contribution in [1.29, 1.82) is 0 Å². The SMILES string of the molecule is CCCCc1cc(N2CCCC2)c2c(c1)oc1ccccc12. The van der Waals surface area contributed by atoms with Crippen LogP contribution in [0, 0.1) is 0 Å². The number of fused-ring (bicyclic) bond motifs is 3. The molecule has 0 N–H and O–H groups in total. The van der Waals surface area contributed by atoms with Gasteiger partial charge in [0, 0.05) is 24.2 Å². The van der Waals surface area contributed by atoms with Crippen LogP contribution in [-0.2, 0) is 6.42 Å². The third-order valence-corrected chi connectivity index (χ3v) is 4.78. The fourth-order valence-electron chi connectivity index (χ4n) is 3.62. The van der Waals surface area contributed by atoms with Crippen LogP contribution < -0.4 is 4.90 Å². The minimum Gasteiger partial charge on any atom is -0.456 e. The Morgan fingerprint density at radius 3 is 2.68 bits per heavy atom. The zero-order chi connectivity index (χ0) is 14.9. The molecule has 22 heavy (non-hydrogen) atoms. The maximum Gasteiger partial charge on any atom is 0.137 e. The molecule has 2 heterocycles. The lowest BCUT2D eigenvalue weighted by Crippen LogP contribution is -2.18. The molecule has 0 aliphatic carbocycles. The van der Waals surface area contributed by atoms with E-state index in [-0.39, 0.29) is 0 Å². The maximum absolute atomic E-state index is 6.15. The molecule has 1 aliphatic heterocycles. The fourth-order valence-corrected chi connectivity index (χ4v) is 3.62. The minimum absolute atomic E-state index is 1.01. The lowest BCUT2D eigenvalue weighted by Gasteiger charge is -2.20. The van der Waals surface area contributed by atoms with Gasteiger partial charge in [-0.25, -0.2) is 0 Å². The number of unbranched alkanes of at least 4 members (excludes halogenated alkanes) is 1. The summed E-state index contributed by atoms with van der Waals surface area (Å²) in [4.78, 5) is 2.54. The predicted octanol–water partition coefficient (Wildman–Crippen LogP) is 5.53. The lowest BCUT2D eigenvalue weighted by atomic mass is 10.0. The van der Waals surface area contributed by atoms with Gasteiger partial charge in [0.05, 0.1) is 5.39 Å². The topological polar surface area (TPSA) is 16.4 Å². The van der Waals surface area contributed by atoms with Crippen LogP contribution >= 0.6 is 0 Å². The maximum atomic E-state index is 6.15. The normalized spacial score (nSPS) is 15.2. The molecular weight excluding hydrogens is 270 g/mol. The van der Waals surface area contributed by atoms with Crippen molar-refractivity contribution >= 4 is 27.6 Å². The van der Waals surface area contributed by atoms with Crippen molar-refractivity contribution in [3.8, 4) is 0 Å². The second-order valence-electron chi connectivity index (χ2n) is 6.38. The first-order valence-electron chi connectivity index (χ1n) is 8.56. The zero-order valence-corrected chi connectivity index (χ0v) is 13.3. The molecule has 1 saturated heterocycles. The fraction of sp³-hybridized carbons (Fsp3) is 0.400. The van der Waals surface area contributed by atoms with Crippen molar-refractivity contribution in [2.24, 2.45) is 0 Å². The van der Waals surface area contributed by atoms with Gasteiger partial charge < -0.3 is 9.32 Å². The first-order chi connectivity index (χ1) is 10.9. The van der Waals surface area contributed by atoms with Gasteiger partial charge in [0.25, 0.3) is 0 Å². The van der Waals surface area contributed by atoms with Gasteiger partial charge in [0.1, 0.15) is 11.2 Å². The second-order valence-corrected chi connectivity index (χ2v) is 6.38. The van der Waals surface area contributed by atoms with Gasteiger partial charge in [-0.2, -0.15) is 0 Å². The Bertz CT molecular complexity index is 796. The van der Waals surface area contributed by atoms with Crippen molar-refractivity contribution in [1.82, 2.24) is 0 Å². The summed E-state index contributed by atoms with van der Waals surface area (Å²) >= 11 is 0. The highest BCUT2D eigenvalue weighted by molar-refractivity contribution is 6.11. The molecule has 0 atom stereocenters. The summed E-state index contributed by atoms with van der Waals surface area (Å²) in [6.45, 7) is 4.60. The van der Waals surface area contributed by atoms with Crippen LogP contribution in [0.15, 0.2) is 40.8 Å². The molecule has 0 unspecified atom stereocenters. The molecule has 0 saturated carbocycles. The summed E-state index contributed by atoms with van der Waals surface area (Å²) < 4.78 is 6.15. The smallest absolute Gasteiger partial charge is 0.137 e. The zero-order valence-electron chi connectivity index (χ0n) is 13.3. The van der Waals surface area contributed by atoms with Crippen LogP contribution in [0.4, 0.5) is 5.69 Å². The second kappa shape index (κ2) is 5.68. The number of anilines is 1. The van der Waals surface area contributed by atoms with Gasteiger partial charge in [-0.05, 0) is 49.4 Å². The molecular formula is C20H23NO. The average molecular weight is 293 g/mol. The molecule has 2 aromatic carbocycles. The van der Waals surface area contributed by atoms with Gasteiger partial charge in [-0.3, -0.25) is 0 Å². The Morgan fingerprint density at radius 1 is 1.05 bits per heavy atom. The monoisotopic (exact) mass is 293 g/mol. The molecule has 4 rings (SSSR count). The van der Waals surface area contributed by atoms with E-state index in [1.54, 1.807) is 0 Å². The molecule has 114 valence electrons. The molecule has 0 bridgehead atoms. The van der Waals surface area contributed by atoms with E-state index in [0.717, 1.165) is 17.6 Å². The number of hydrogen-bond donors (Lipinski definition) is 0. The van der Waals surface area contributed by atoms with E-state index < -0.39 is 0 Å². The molecule has 0 amide bonds. The molecule has 0 radical (unpaired) electrons. The Morgan fingerprint density at radius 2 is 1.86 bits per heavy atom. The lowest BCUT2D eigenvalue weighted by molar-refractivity contribution is 0.667. The first-order valence-corrected chi connectivity index (χ1v) is 8.56. The van der Waals surface area contributed by atoms with Crippen LogP contribution in [-0.4, -0.2) is 13.1 Å². The van der Waals surface area contributed by atoms with Gasteiger partial charge >= 0.3 is 0 Å². The number of nitrogens with zero attached hydrogens (tertiary/aromatic N) is 1. The molecule has 1 fully saturated rings. The highest BCUT2D eigenvalue weighted by Crippen LogP contribution is 2.38. The predicted molar refractivity (Wildman–Crippen MR) is 93.8 cm³/mol. The Labute approximate surface area is 131 Å². The Kier molecular flexibility index (Phi) is 3.53. The Hall–Kier alpha value is -1.96. The molecule has 2 nitrogen and oxygen atoms in total.